The van der Waals surface area contributed by atoms with Gasteiger partial charge in [0, 0.05) is 28.9 Å². The van der Waals surface area contributed by atoms with Crippen molar-refractivity contribution in [1.29, 1.82) is 5.41 Å². The van der Waals surface area contributed by atoms with Gasteiger partial charge in [-0.1, -0.05) is 109 Å². The summed E-state index contributed by atoms with van der Waals surface area (Å²) in [7, 11) is 0. The minimum absolute atomic E-state index is 0.172. The van der Waals surface area contributed by atoms with Gasteiger partial charge in [-0.2, -0.15) is 0 Å². The topological polar surface area (TPSA) is 61.5 Å². The van der Waals surface area contributed by atoms with Crippen molar-refractivity contribution in [3.63, 3.8) is 0 Å². The lowest BCUT2D eigenvalue weighted by atomic mass is 10.0. The Morgan fingerprint density at radius 1 is 0.738 bits per heavy atom. The summed E-state index contributed by atoms with van der Waals surface area (Å²) in [6, 6.07) is 41.1. The zero-order valence-electron chi connectivity index (χ0n) is 23.6. The van der Waals surface area contributed by atoms with Crippen LogP contribution < -0.4 is 0 Å². The van der Waals surface area contributed by atoms with E-state index in [2.05, 4.69) is 90.8 Å². The van der Waals surface area contributed by atoms with Gasteiger partial charge in [-0.3, -0.25) is 10.4 Å². The van der Waals surface area contributed by atoms with Crippen LogP contribution in [0.15, 0.2) is 143 Å². The van der Waals surface area contributed by atoms with Gasteiger partial charge < -0.3 is 0 Å². The number of aromatic nitrogens is 1. The first-order chi connectivity index (χ1) is 20.5. The molecule has 0 spiro atoms. The average Bonchev–Trinajstić information content (AvgIpc) is 3.03. The number of rotatable bonds is 5. The summed E-state index contributed by atoms with van der Waals surface area (Å²) in [6.45, 7) is 3.98. The van der Waals surface area contributed by atoms with Crippen LogP contribution in [0.5, 0.6) is 0 Å². The molecule has 6 rings (SSSR count). The molecule has 0 aliphatic heterocycles. The van der Waals surface area contributed by atoms with Gasteiger partial charge in [0.15, 0.2) is 5.84 Å². The zero-order chi connectivity index (χ0) is 28.9. The number of pyridine rings is 1. The maximum atomic E-state index is 8.81. The number of benzene rings is 5. The van der Waals surface area contributed by atoms with Gasteiger partial charge in [-0.15, -0.1) is 0 Å². The van der Waals surface area contributed by atoms with Crippen LogP contribution in [0.4, 0.5) is 0 Å². The van der Waals surface area contributed by atoms with Gasteiger partial charge in [-0.05, 0) is 70.7 Å². The van der Waals surface area contributed by atoms with Crippen LogP contribution in [0, 0.1) is 12.3 Å². The number of fused-ring (bicyclic) bond motifs is 2. The Bertz CT molecular complexity index is 2010. The molecule has 202 valence electrons. The lowest BCUT2D eigenvalue weighted by Crippen LogP contribution is -2.04. The number of hydrogen-bond donors (Lipinski definition) is 1. The van der Waals surface area contributed by atoms with Crippen LogP contribution in [0.1, 0.15) is 29.2 Å². The molecule has 1 aromatic heterocycles. The Morgan fingerprint density at radius 3 is 2.31 bits per heavy atom. The number of nitrogens with one attached hydrogen (secondary N) is 1. The molecule has 0 radical (unpaired) electrons. The third-order valence-corrected chi connectivity index (χ3v) is 7.35. The van der Waals surface area contributed by atoms with E-state index in [1.165, 1.54) is 5.39 Å². The molecule has 5 aromatic carbocycles. The van der Waals surface area contributed by atoms with E-state index in [0.717, 1.165) is 55.2 Å². The second kappa shape index (κ2) is 11.9. The molecule has 0 aliphatic carbocycles. The van der Waals surface area contributed by atoms with Crippen molar-refractivity contribution in [2.75, 3.05) is 0 Å². The number of para-hydroxylation sites is 1. The van der Waals surface area contributed by atoms with Gasteiger partial charge >= 0.3 is 0 Å². The van der Waals surface area contributed by atoms with E-state index in [9.17, 15) is 0 Å². The number of aryl methyl sites for hydroxylation is 1. The summed E-state index contributed by atoms with van der Waals surface area (Å²) in [5, 5.41) is 12.2. The monoisotopic (exact) mass is 542 g/mol. The van der Waals surface area contributed by atoms with Gasteiger partial charge in [0.2, 0.25) is 0 Å². The summed E-state index contributed by atoms with van der Waals surface area (Å²) in [5.41, 5.74) is 7.90. The quantitative estimate of drug-likeness (QED) is 0.171. The van der Waals surface area contributed by atoms with E-state index in [4.69, 9.17) is 15.4 Å². The smallest absolute Gasteiger partial charge is 0.161 e. The Balaban J connectivity index is 1.37. The van der Waals surface area contributed by atoms with Gasteiger partial charge in [0.1, 0.15) is 5.84 Å². The third-order valence-electron chi connectivity index (χ3n) is 7.35. The van der Waals surface area contributed by atoms with Gasteiger partial charge in [0.05, 0.1) is 5.52 Å². The lowest BCUT2D eigenvalue weighted by Gasteiger charge is -2.08. The molecule has 1 N–H and O–H groups in total. The average molecular weight is 543 g/mol. The van der Waals surface area contributed by atoms with Gasteiger partial charge in [0.25, 0.3) is 0 Å². The minimum atomic E-state index is 0.172. The second-order valence-corrected chi connectivity index (χ2v) is 10.3. The molecule has 0 amide bonds. The molecule has 0 atom stereocenters. The number of aliphatic imine (C=N–C) groups is 2. The van der Waals surface area contributed by atoms with Crippen molar-refractivity contribution >= 4 is 45.6 Å². The molecule has 0 unspecified atom stereocenters. The summed E-state index contributed by atoms with van der Waals surface area (Å²) in [6.07, 6.45) is 5.65. The highest BCUT2D eigenvalue weighted by Gasteiger charge is 2.09. The van der Waals surface area contributed by atoms with Crippen LogP contribution in [-0.2, 0) is 0 Å². The first-order valence-corrected chi connectivity index (χ1v) is 13.9. The normalized spacial score (nSPS) is 12.3. The molecule has 0 saturated carbocycles. The number of amidine groups is 2. The van der Waals surface area contributed by atoms with Crippen molar-refractivity contribution in [1.82, 2.24) is 4.98 Å². The molecular weight excluding hydrogens is 512 g/mol. The Morgan fingerprint density at radius 2 is 1.48 bits per heavy atom. The number of hydrogen-bond acceptors (Lipinski definition) is 2. The second-order valence-electron chi connectivity index (χ2n) is 10.3. The first kappa shape index (κ1) is 26.7. The van der Waals surface area contributed by atoms with Crippen molar-refractivity contribution in [2.45, 2.75) is 13.8 Å². The Hall–Kier alpha value is -5.48. The molecule has 4 nitrogen and oxygen atoms in total. The predicted octanol–water partition coefficient (Wildman–Crippen LogP) is 9.31. The van der Waals surface area contributed by atoms with E-state index in [-0.39, 0.29) is 5.84 Å². The van der Waals surface area contributed by atoms with Crippen LogP contribution >= 0.6 is 0 Å². The summed E-state index contributed by atoms with van der Waals surface area (Å²) < 4.78 is 0. The van der Waals surface area contributed by atoms with Crippen LogP contribution in [-0.4, -0.2) is 22.9 Å². The highest BCUT2D eigenvalue weighted by molar-refractivity contribution is 6.14. The van der Waals surface area contributed by atoms with Crippen LogP contribution in [0.2, 0.25) is 0 Å². The maximum Gasteiger partial charge on any atom is 0.161 e. The minimum Gasteiger partial charge on any atom is -0.283 e. The standard InChI is InChI=1S/C38H30N4/c1-26-9-3-4-11-33(26)23-27(2)37(39)42-38(41-25-28-16-17-29-10-5-6-12-34(29)24-28)32-20-18-30(19-21-32)35-15-7-13-31-14-8-22-40-36(31)35/h3-25,39H,1-2H3/b27-23+,39-37?,41-25?,42-38?. The SMILES string of the molecule is C/C(=C\c1ccccc1C)C(=N)N=C(N=Cc1ccc2ccccc2c1)c1ccc(-c2cccc3cccnc23)cc1. The zero-order valence-corrected chi connectivity index (χ0v) is 23.6. The third kappa shape index (κ3) is 5.84. The molecule has 0 fully saturated rings. The fourth-order valence-electron chi connectivity index (χ4n) is 4.97. The van der Waals surface area contributed by atoms with E-state index < -0.39 is 0 Å². The summed E-state index contributed by atoms with van der Waals surface area (Å²) in [5.74, 6) is 0.652. The summed E-state index contributed by atoms with van der Waals surface area (Å²) in [4.78, 5) is 14.2. The molecule has 0 bridgehead atoms. The Kier molecular flexibility index (Phi) is 7.60. The fraction of sp³-hybridized carbons (Fsp3) is 0.0526. The van der Waals surface area contributed by atoms with Crippen molar-refractivity contribution in [3.8, 4) is 11.1 Å². The van der Waals surface area contributed by atoms with E-state index in [1.807, 2.05) is 67.9 Å². The largest absolute Gasteiger partial charge is 0.283 e. The van der Waals surface area contributed by atoms with Crippen molar-refractivity contribution in [3.05, 3.63) is 155 Å². The molecule has 1 heterocycles. The first-order valence-electron chi connectivity index (χ1n) is 13.9. The molecule has 6 aromatic rings. The van der Waals surface area contributed by atoms with Crippen molar-refractivity contribution in [2.24, 2.45) is 9.98 Å². The van der Waals surface area contributed by atoms with Crippen molar-refractivity contribution < 1.29 is 0 Å². The molecule has 0 saturated heterocycles. The maximum absolute atomic E-state index is 8.81. The highest BCUT2D eigenvalue weighted by Crippen LogP contribution is 2.27. The predicted molar refractivity (Wildman–Crippen MR) is 178 cm³/mol. The van der Waals surface area contributed by atoms with E-state index in [1.54, 1.807) is 0 Å². The van der Waals surface area contributed by atoms with E-state index in [0.29, 0.717) is 5.84 Å². The Labute approximate surface area is 246 Å². The molecule has 0 aliphatic rings. The van der Waals surface area contributed by atoms with E-state index >= 15 is 0 Å². The molecule has 4 heteroatoms. The van der Waals surface area contributed by atoms with Crippen LogP contribution in [0.25, 0.3) is 38.9 Å². The highest BCUT2D eigenvalue weighted by atomic mass is 14.9. The lowest BCUT2D eigenvalue weighted by molar-refractivity contribution is 1.37. The van der Waals surface area contributed by atoms with Crippen LogP contribution in [0.3, 0.4) is 0 Å². The van der Waals surface area contributed by atoms with Gasteiger partial charge in [-0.25, -0.2) is 9.98 Å². The fourth-order valence-corrected chi connectivity index (χ4v) is 4.97. The molecular formula is C38H30N4. The molecule has 42 heavy (non-hydrogen) atoms. The number of nitrogens with zero attached hydrogens (tertiary/aromatic N) is 3. The summed E-state index contributed by atoms with van der Waals surface area (Å²) >= 11 is 0.